The Kier molecular flexibility index (Phi) is 8.90. The zero-order valence-electron chi connectivity index (χ0n) is 17.1. The Balaban J connectivity index is 3.05. The molecule has 0 radical (unpaired) electrons. The van der Waals surface area contributed by atoms with E-state index in [2.05, 4.69) is 5.32 Å². The molecule has 1 aromatic rings. The van der Waals surface area contributed by atoms with Crippen molar-refractivity contribution in [1.82, 2.24) is 10.6 Å². The van der Waals surface area contributed by atoms with E-state index in [4.69, 9.17) is 10.8 Å². The number of carboxylic acid groups (broad SMARTS) is 1. The molecule has 0 saturated carbocycles. The van der Waals surface area contributed by atoms with Crippen molar-refractivity contribution in [2.75, 3.05) is 17.1 Å². The number of benzene rings is 1. The molecule has 11 nitrogen and oxygen atoms in total. The van der Waals surface area contributed by atoms with Crippen molar-refractivity contribution in [2.24, 2.45) is 11.7 Å². The fourth-order valence-electron chi connectivity index (χ4n) is 2.63. The van der Waals surface area contributed by atoms with E-state index in [1.165, 1.54) is 18.2 Å². The number of aromatic hydroxyl groups is 1. The van der Waals surface area contributed by atoms with Gasteiger partial charge in [-0.2, -0.15) is 0 Å². The number of nitrogens with two attached hydrogens (primary N) is 1. The van der Waals surface area contributed by atoms with Gasteiger partial charge in [0.1, 0.15) is 11.8 Å². The van der Waals surface area contributed by atoms with Crippen LogP contribution < -0.4 is 20.7 Å². The summed E-state index contributed by atoms with van der Waals surface area (Å²) in [6, 6.07) is 3.06. The molecule has 1 aromatic carbocycles. The van der Waals surface area contributed by atoms with Crippen molar-refractivity contribution in [3.8, 4) is 5.75 Å². The molecule has 0 saturated heterocycles. The summed E-state index contributed by atoms with van der Waals surface area (Å²) in [6.45, 7) is 3.83. The summed E-state index contributed by atoms with van der Waals surface area (Å²) in [5.74, 6) is -1.78. The number of rotatable bonds is 11. The van der Waals surface area contributed by atoms with E-state index in [9.17, 15) is 27.9 Å². The van der Waals surface area contributed by atoms with Crippen LogP contribution in [0.5, 0.6) is 5.75 Å². The summed E-state index contributed by atoms with van der Waals surface area (Å²) < 4.78 is 25.5. The Labute approximate surface area is 175 Å². The van der Waals surface area contributed by atoms with Gasteiger partial charge >= 0.3 is 6.09 Å². The molecule has 0 bridgehead atoms. The van der Waals surface area contributed by atoms with Crippen LogP contribution >= 0.6 is 0 Å². The van der Waals surface area contributed by atoms with Crippen molar-refractivity contribution in [3.63, 3.8) is 0 Å². The van der Waals surface area contributed by atoms with Gasteiger partial charge < -0.3 is 26.6 Å². The Bertz CT molecular complexity index is 871. The fourth-order valence-corrected chi connectivity index (χ4v) is 3.57. The molecule has 0 aromatic heterocycles. The van der Waals surface area contributed by atoms with Gasteiger partial charge in [0.05, 0.1) is 18.4 Å². The van der Waals surface area contributed by atoms with Crippen LogP contribution in [0.1, 0.15) is 32.3 Å². The lowest BCUT2D eigenvalue weighted by molar-refractivity contribution is -0.127. The molecule has 0 unspecified atom stereocenters. The smallest absolute Gasteiger partial charge is 0.405 e. The normalized spacial score (nSPS) is 12.3. The third-order valence-corrected chi connectivity index (χ3v) is 5.33. The molecule has 0 spiro atoms. The highest BCUT2D eigenvalue weighted by molar-refractivity contribution is 7.92. The standard InChI is InChI=1S/C18H28N4O7S/c1-11(2)7-8-22(30(3,28)29)14-6-4-5-12(16(14)24)10-20-17(25)13(9-15(19)23)21-18(26)27/h4-6,11,13,21,24H,7-10H2,1-3H3,(H2,19,23)(H,20,25)(H,26,27)/t13-/m0/s1. The molecule has 30 heavy (non-hydrogen) atoms. The summed E-state index contributed by atoms with van der Waals surface area (Å²) in [4.78, 5) is 34.1. The molecule has 168 valence electrons. The third-order valence-electron chi connectivity index (χ3n) is 4.15. The number of nitrogens with one attached hydrogen (secondary N) is 2. The van der Waals surface area contributed by atoms with E-state index in [-0.39, 0.29) is 36.0 Å². The first-order valence-corrected chi connectivity index (χ1v) is 11.0. The van der Waals surface area contributed by atoms with Gasteiger partial charge in [-0.15, -0.1) is 0 Å². The topological polar surface area (TPSA) is 179 Å². The van der Waals surface area contributed by atoms with Crippen LogP contribution in [0.3, 0.4) is 0 Å². The highest BCUT2D eigenvalue weighted by Gasteiger charge is 2.24. The largest absolute Gasteiger partial charge is 0.505 e. The molecule has 0 aliphatic heterocycles. The molecular weight excluding hydrogens is 416 g/mol. The zero-order valence-corrected chi connectivity index (χ0v) is 17.9. The monoisotopic (exact) mass is 444 g/mol. The quantitative estimate of drug-likeness (QED) is 0.326. The summed E-state index contributed by atoms with van der Waals surface area (Å²) in [6.07, 6.45) is -0.437. The zero-order chi connectivity index (χ0) is 23.1. The molecule has 0 fully saturated rings. The number of hydrogen-bond donors (Lipinski definition) is 5. The van der Waals surface area contributed by atoms with Crippen molar-refractivity contribution in [2.45, 2.75) is 39.3 Å². The average Bonchev–Trinajstić information content (AvgIpc) is 2.59. The van der Waals surface area contributed by atoms with Gasteiger partial charge in [0.2, 0.25) is 21.8 Å². The fraction of sp³-hybridized carbons (Fsp3) is 0.500. The second-order valence-corrected chi connectivity index (χ2v) is 9.10. The number of amides is 3. The molecule has 6 N–H and O–H groups in total. The van der Waals surface area contributed by atoms with Gasteiger partial charge in [0.15, 0.2) is 0 Å². The number of primary amides is 1. The maximum absolute atomic E-state index is 12.2. The SMILES string of the molecule is CC(C)CCN(c1cccc(CNC(=O)[C@H](CC(N)=O)NC(=O)O)c1O)S(C)(=O)=O. The highest BCUT2D eigenvalue weighted by atomic mass is 32.2. The van der Waals surface area contributed by atoms with Gasteiger partial charge in [-0.3, -0.25) is 13.9 Å². The third kappa shape index (κ3) is 7.78. The molecule has 12 heteroatoms. The van der Waals surface area contributed by atoms with Crippen molar-refractivity contribution >= 4 is 33.6 Å². The molecule has 0 aliphatic carbocycles. The Hall–Kier alpha value is -3.02. The van der Waals surface area contributed by atoms with E-state index in [1.807, 2.05) is 19.2 Å². The van der Waals surface area contributed by atoms with E-state index >= 15 is 0 Å². The first kappa shape index (κ1) is 25.0. The van der Waals surface area contributed by atoms with E-state index < -0.39 is 40.4 Å². The van der Waals surface area contributed by atoms with Crippen molar-refractivity contribution < 1.29 is 33.0 Å². The van der Waals surface area contributed by atoms with Crippen molar-refractivity contribution in [1.29, 1.82) is 0 Å². The number of anilines is 1. The van der Waals surface area contributed by atoms with Crippen LogP contribution in [0.15, 0.2) is 18.2 Å². The lowest BCUT2D eigenvalue weighted by atomic mass is 10.1. The molecule has 1 rings (SSSR count). The maximum Gasteiger partial charge on any atom is 0.405 e. The lowest BCUT2D eigenvalue weighted by Crippen LogP contribution is -2.48. The highest BCUT2D eigenvalue weighted by Crippen LogP contribution is 2.32. The Morgan fingerprint density at radius 3 is 2.37 bits per heavy atom. The van der Waals surface area contributed by atoms with Crippen molar-refractivity contribution in [3.05, 3.63) is 23.8 Å². The molecule has 3 amide bonds. The summed E-state index contributed by atoms with van der Waals surface area (Å²) >= 11 is 0. The number of carbonyl (C=O) groups is 3. The minimum absolute atomic E-state index is 0.0715. The second kappa shape index (κ2) is 10.7. The lowest BCUT2D eigenvalue weighted by Gasteiger charge is -2.25. The minimum Gasteiger partial charge on any atom is -0.505 e. The van der Waals surface area contributed by atoms with Gasteiger partial charge in [-0.1, -0.05) is 26.0 Å². The Morgan fingerprint density at radius 2 is 1.87 bits per heavy atom. The van der Waals surface area contributed by atoms with E-state index in [1.54, 1.807) is 0 Å². The van der Waals surface area contributed by atoms with E-state index in [0.717, 1.165) is 10.6 Å². The molecule has 0 aliphatic rings. The number of nitrogens with zero attached hydrogens (tertiary/aromatic N) is 1. The second-order valence-electron chi connectivity index (χ2n) is 7.19. The van der Waals surface area contributed by atoms with Crippen LogP contribution in [0.4, 0.5) is 10.5 Å². The van der Waals surface area contributed by atoms with Gasteiger partial charge in [-0.25, -0.2) is 13.2 Å². The number of hydrogen-bond acceptors (Lipinski definition) is 6. The number of phenolic OH excluding ortho intramolecular Hbond substituents is 1. The van der Waals surface area contributed by atoms with Gasteiger partial charge in [0.25, 0.3) is 0 Å². The van der Waals surface area contributed by atoms with Crippen LogP contribution in [0.25, 0.3) is 0 Å². The first-order chi connectivity index (χ1) is 13.8. The first-order valence-electron chi connectivity index (χ1n) is 9.17. The van der Waals surface area contributed by atoms with Gasteiger partial charge in [-0.05, 0) is 18.4 Å². The number of carbonyl (C=O) groups excluding carboxylic acids is 2. The Morgan fingerprint density at radius 1 is 1.23 bits per heavy atom. The summed E-state index contributed by atoms with van der Waals surface area (Å²) in [7, 11) is -3.67. The average molecular weight is 445 g/mol. The number of phenols is 1. The minimum atomic E-state index is -3.67. The predicted octanol–water partition coefficient (Wildman–Crippen LogP) is 0.332. The van der Waals surface area contributed by atoms with Crippen LogP contribution in [-0.2, 0) is 26.2 Å². The van der Waals surface area contributed by atoms with E-state index in [0.29, 0.717) is 6.42 Å². The molecule has 0 heterocycles. The molecular formula is C18H28N4O7S. The van der Waals surface area contributed by atoms with Crippen LogP contribution in [-0.4, -0.2) is 55.4 Å². The predicted molar refractivity (Wildman–Crippen MR) is 110 cm³/mol. The summed E-state index contributed by atoms with van der Waals surface area (Å²) in [5.41, 5.74) is 5.31. The van der Waals surface area contributed by atoms with Crippen LogP contribution in [0, 0.1) is 5.92 Å². The number of para-hydroxylation sites is 1. The number of sulfonamides is 1. The maximum atomic E-state index is 12.2. The molecule has 1 atom stereocenters. The van der Waals surface area contributed by atoms with Crippen LogP contribution in [0.2, 0.25) is 0 Å². The summed E-state index contributed by atoms with van der Waals surface area (Å²) in [5, 5.41) is 23.7. The van der Waals surface area contributed by atoms with Gasteiger partial charge in [0, 0.05) is 18.7 Å².